The molecule has 0 aliphatic carbocycles. The van der Waals surface area contributed by atoms with Gasteiger partial charge in [0.2, 0.25) is 0 Å². The highest BCUT2D eigenvalue weighted by Gasteiger charge is 2.17. The molecule has 0 radical (unpaired) electrons. The van der Waals surface area contributed by atoms with Gasteiger partial charge in [0.25, 0.3) is 11.6 Å². The van der Waals surface area contributed by atoms with E-state index in [0.29, 0.717) is 10.6 Å². The number of nitrogens with one attached hydrogen (secondary N) is 1. The van der Waals surface area contributed by atoms with Crippen molar-refractivity contribution in [3.8, 4) is 0 Å². The molecule has 1 N–H and O–H groups in total. The molecule has 8 heteroatoms. The van der Waals surface area contributed by atoms with E-state index in [1.807, 2.05) is 0 Å². The van der Waals surface area contributed by atoms with Gasteiger partial charge in [-0.05, 0) is 30.7 Å². The average Bonchev–Trinajstić information content (AvgIpc) is 2.61. The standard InChI is InChI=1S/C18H15ClN2O5/c1-12(18(23)20-14-6-4-7-15(11-14)21(24)25)26-17(22)10-9-13-5-2-3-8-16(13)19/h2-12H,1H3,(H,20,23)/b10-9+/t12-/m0/s1. The minimum absolute atomic E-state index is 0.157. The zero-order valence-corrected chi connectivity index (χ0v) is 14.5. The number of ether oxygens (including phenoxy) is 1. The lowest BCUT2D eigenvalue weighted by Crippen LogP contribution is -2.29. The Hall–Kier alpha value is -3.19. The Bertz CT molecular complexity index is 866. The van der Waals surface area contributed by atoms with E-state index in [2.05, 4.69) is 5.32 Å². The van der Waals surface area contributed by atoms with E-state index in [0.717, 1.165) is 0 Å². The molecule has 0 unspecified atom stereocenters. The van der Waals surface area contributed by atoms with Crippen LogP contribution in [0.4, 0.5) is 11.4 Å². The molecular weight excluding hydrogens is 360 g/mol. The molecule has 0 aliphatic heterocycles. The van der Waals surface area contributed by atoms with Crippen molar-refractivity contribution in [1.29, 1.82) is 0 Å². The molecule has 0 aliphatic rings. The summed E-state index contributed by atoms with van der Waals surface area (Å²) in [7, 11) is 0. The Labute approximate surface area is 154 Å². The van der Waals surface area contributed by atoms with E-state index in [4.69, 9.17) is 16.3 Å². The lowest BCUT2D eigenvalue weighted by molar-refractivity contribution is -0.384. The summed E-state index contributed by atoms with van der Waals surface area (Å²) in [5, 5.41) is 13.7. The zero-order valence-electron chi connectivity index (χ0n) is 13.7. The molecule has 26 heavy (non-hydrogen) atoms. The van der Waals surface area contributed by atoms with Gasteiger partial charge < -0.3 is 10.1 Å². The van der Waals surface area contributed by atoms with Crippen molar-refractivity contribution in [2.45, 2.75) is 13.0 Å². The number of hydrogen-bond acceptors (Lipinski definition) is 5. The van der Waals surface area contributed by atoms with E-state index < -0.39 is 22.9 Å². The van der Waals surface area contributed by atoms with Crippen LogP contribution < -0.4 is 5.32 Å². The van der Waals surface area contributed by atoms with E-state index in [-0.39, 0.29) is 11.4 Å². The Morgan fingerprint density at radius 2 is 1.96 bits per heavy atom. The average molecular weight is 375 g/mol. The Morgan fingerprint density at radius 3 is 2.65 bits per heavy atom. The Balaban J connectivity index is 1.94. The van der Waals surface area contributed by atoms with Gasteiger partial charge in [0, 0.05) is 28.9 Å². The van der Waals surface area contributed by atoms with Gasteiger partial charge in [-0.15, -0.1) is 0 Å². The highest BCUT2D eigenvalue weighted by atomic mass is 35.5. The first-order chi connectivity index (χ1) is 12.4. The number of halogens is 1. The molecule has 0 saturated carbocycles. The summed E-state index contributed by atoms with van der Waals surface area (Å²) in [6.07, 6.45) is 1.56. The molecule has 0 spiro atoms. The third kappa shape index (κ3) is 5.42. The van der Waals surface area contributed by atoms with Crippen molar-refractivity contribution in [3.63, 3.8) is 0 Å². The van der Waals surface area contributed by atoms with Crippen LogP contribution in [0.3, 0.4) is 0 Å². The van der Waals surface area contributed by atoms with Crippen LogP contribution in [-0.2, 0) is 14.3 Å². The monoisotopic (exact) mass is 374 g/mol. The largest absolute Gasteiger partial charge is 0.449 e. The number of carbonyl (C=O) groups is 2. The normalized spacial score (nSPS) is 11.8. The first-order valence-corrected chi connectivity index (χ1v) is 7.93. The fourth-order valence-electron chi connectivity index (χ4n) is 1.98. The molecule has 7 nitrogen and oxygen atoms in total. The number of rotatable bonds is 6. The van der Waals surface area contributed by atoms with Crippen LogP contribution in [0.1, 0.15) is 12.5 Å². The van der Waals surface area contributed by atoms with Gasteiger partial charge in [-0.1, -0.05) is 35.9 Å². The zero-order chi connectivity index (χ0) is 19.1. The van der Waals surface area contributed by atoms with Gasteiger partial charge in [-0.2, -0.15) is 0 Å². The van der Waals surface area contributed by atoms with Crippen molar-refractivity contribution in [1.82, 2.24) is 0 Å². The molecule has 0 saturated heterocycles. The maximum absolute atomic E-state index is 12.1. The summed E-state index contributed by atoms with van der Waals surface area (Å²) < 4.78 is 5.01. The summed E-state index contributed by atoms with van der Waals surface area (Å²) in [6, 6.07) is 12.4. The quantitative estimate of drug-likeness (QED) is 0.358. The lowest BCUT2D eigenvalue weighted by Gasteiger charge is -2.12. The number of benzene rings is 2. The number of nitro benzene ring substituents is 1. The summed E-state index contributed by atoms with van der Waals surface area (Å²) >= 11 is 5.97. The molecule has 0 aromatic heterocycles. The van der Waals surface area contributed by atoms with E-state index in [1.165, 1.54) is 43.3 Å². The number of nitrogens with zero attached hydrogens (tertiary/aromatic N) is 1. The second-order valence-corrected chi connectivity index (χ2v) is 5.64. The van der Waals surface area contributed by atoms with Crippen molar-refractivity contribution in [2.24, 2.45) is 0 Å². The van der Waals surface area contributed by atoms with E-state index in [1.54, 1.807) is 24.3 Å². The minimum atomic E-state index is -1.09. The summed E-state index contributed by atoms with van der Waals surface area (Å²) in [6.45, 7) is 1.40. The fourth-order valence-corrected chi connectivity index (χ4v) is 2.17. The minimum Gasteiger partial charge on any atom is -0.449 e. The smallest absolute Gasteiger partial charge is 0.331 e. The molecule has 0 bridgehead atoms. The van der Waals surface area contributed by atoms with E-state index in [9.17, 15) is 19.7 Å². The summed E-state index contributed by atoms with van der Waals surface area (Å²) in [5.74, 6) is -1.32. The van der Waals surface area contributed by atoms with Gasteiger partial charge in [0.1, 0.15) is 0 Å². The van der Waals surface area contributed by atoms with Crippen LogP contribution >= 0.6 is 11.6 Å². The maximum atomic E-state index is 12.1. The molecule has 0 heterocycles. The SMILES string of the molecule is C[C@H](OC(=O)/C=C/c1ccccc1Cl)C(=O)Nc1cccc([N+](=O)[O-])c1. The number of non-ortho nitro benzene ring substituents is 1. The van der Waals surface area contributed by atoms with Crippen molar-refractivity contribution >= 4 is 40.9 Å². The van der Waals surface area contributed by atoms with Gasteiger partial charge in [0.15, 0.2) is 6.10 Å². The summed E-state index contributed by atoms with van der Waals surface area (Å²) in [4.78, 5) is 34.0. The van der Waals surface area contributed by atoms with E-state index >= 15 is 0 Å². The second-order valence-electron chi connectivity index (χ2n) is 5.23. The van der Waals surface area contributed by atoms with Crippen LogP contribution in [0.2, 0.25) is 5.02 Å². The third-order valence-corrected chi connectivity index (χ3v) is 3.64. The topological polar surface area (TPSA) is 98.5 Å². The molecule has 1 amide bonds. The first-order valence-electron chi connectivity index (χ1n) is 7.55. The van der Waals surface area contributed by atoms with Crippen molar-refractivity contribution < 1.29 is 19.2 Å². The predicted octanol–water partition coefficient (Wildman–Crippen LogP) is 3.83. The summed E-state index contributed by atoms with van der Waals surface area (Å²) in [5.41, 5.74) is 0.716. The molecule has 134 valence electrons. The highest BCUT2D eigenvalue weighted by Crippen LogP contribution is 2.18. The number of hydrogen-bond donors (Lipinski definition) is 1. The van der Waals surface area contributed by atoms with Gasteiger partial charge in [-0.3, -0.25) is 14.9 Å². The van der Waals surface area contributed by atoms with Crippen LogP contribution in [0.5, 0.6) is 0 Å². The molecule has 2 aromatic rings. The van der Waals surface area contributed by atoms with Gasteiger partial charge in [0.05, 0.1) is 4.92 Å². The predicted molar refractivity (Wildman–Crippen MR) is 97.8 cm³/mol. The molecule has 2 rings (SSSR count). The number of anilines is 1. The maximum Gasteiger partial charge on any atom is 0.331 e. The number of amides is 1. The van der Waals surface area contributed by atoms with Crippen molar-refractivity contribution in [2.75, 3.05) is 5.32 Å². The molecule has 0 fully saturated rings. The third-order valence-electron chi connectivity index (χ3n) is 3.29. The highest BCUT2D eigenvalue weighted by molar-refractivity contribution is 6.32. The van der Waals surface area contributed by atoms with Crippen LogP contribution in [0.25, 0.3) is 6.08 Å². The Kier molecular flexibility index (Phi) is 6.46. The molecule has 1 atom stereocenters. The fraction of sp³-hybridized carbons (Fsp3) is 0.111. The Morgan fingerprint density at radius 1 is 1.23 bits per heavy atom. The van der Waals surface area contributed by atoms with Crippen LogP contribution in [0.15, 0.2) is 54.6 Å². The molecule has 2 aromatic carbocycles. The van der Waals surface area contributed by atoms with Gasteiger partial charge >= 0.3 is 5.97 Å². The number of carbonyl (C=O) groups excluding carboxylic acids is 2. The second kappa shape index (κ2) is 8.77. The lowest BCUT2D eigenvalue weighted by atomic mass is 10.2. The number of esters is 1. The molecular formula is C18H15ClN2O5. The van der Waals surface area contributed by atoms with Gasteiger partial charge in [-0.25, -0.2) is 4.79 Å². The van der Waals surface area contributed by atoms with Crippen LogP contribution in [0, 0.1) is 10.1 Å². The number of nitro groups is 1. The van der Waals surface area contributed by atoms with Crippen LogP contribution in [-0.4, -0.2) is 22.9 Å². The first kappa shape index (κ1) is 19.1. The van der Waals surface area contributed by atoms with Crippen molar-refractivity contribution in [3.05, 3.63) is 75.3 Å².